The van der Waals surface area contributed by atoms with Crippen LogP contribution in [0.2, 0.25) is 19.1 Å². The monoisotopic (exact) mass is 314 g/mol. The van der Waals surface area contributed by atoms with Crippen LogP contribution >= 0.6 is 0 Å². The summed E-state index contributed by atoms with van der Waals surface area (Å²) in [4.78, 5) is 0. The molecule has 13 heavy (non-hydrogen) atoms. The van der Waals surface area contributed by atoms with Gasteiger partial charge in [0.2, 0.25) is 0 Å². The van der Waals surface area contributed by atoms with E-state index in [1.807, 2.05) is 0 Å². The van der Waals surface area contributed by atoms with Gasteiger partial charge >= 0.3 is 23.1 Å². The van der Waals surface area contributed by atoms with Crippen LogP contribution in [0.4, 0.5) is 0 Å². The maximum atomic E-state index is 4.00. The predicted octanol–water partition coefficient (Wildman–Crippen LogP) is -0.941. The molecule has 0 nitrogen and oxygen atoms in total. The third kappa shape index (κ3) is 4.81. The molecule has 0 heterocycles. The summed E-state index contributed by atoms with van der Waals surface area (Å²) in [7, 11) is -1.16. The van der Waals surface area contributed by atoms with Gasteiger partial charge in [-0.3, -0.25) is 0 Å². The fourth-order valence-corrected chi connectivity index (χ4v) is 2.42. The molecular formula is C10H15IMgSi. The molecule has 0 saturated carbocycles. The molecule has 0 unspecified atom stereocenters. The van der Waals surface area contributed by atoms with Crippen molar-refractivity contribution in [1.29, 1.82) is 0 Å². The summed E-state index contributed by atoms with van der Waals surface area (Å²) in [6, 6.07) is 11.8. The fourth-order valence-electron chi connectivity index (χ4n) is 1.03. The Labute approximate surface area is 116 Å². The quantitative estimate of drug-likeness (QED) is 0.375. The minimum Gasteiger partial charge on any atom is -1.00 e. The summed E-state index contributed by atoms with van der Waals surface area (Å²) < 4.78 is 0. The van der Waals surface area contributed by atoms with Crippen molar-refractivity contribution in [3.8, 4) is 0 Å². The second kappa shape index (κ2) is 7.25. The van der Waals surface area contributed by atoms with E-state index in [2.05, 4.69) is 50.3 Å². The molecule has 0 aromatic heterocycles. The molecule has 0 aliphatic carbocycles. The molecule has 1 rings (SSSR count). The van der Waals surface area contributed by atoms with Crippen LogP contribution in [0.5, 0.6) is 0 Å². The number of hydrogen-bond acceptors (Lipinski definition) is 0. The molecule has 68 valence electrons. The molecule has 1 aromatic rings. The first-order valence-corrected chi connectivity index (χ1v) is 7.22. The largest absolute Gasteiger partial charge is 2.00 e. The van der Waals surface area contributed by atoms with Gasteiger partial charge in [-0.2, -0.15) is 6.04 Å². The molecule has 3 heteroatoms. The molecule has 0 atom stereocenters. The minimum absolute atomic E-state index is 0. The van der Waals surface area contributed by atoms with Gasteiger partial charge in [0.25, 0.3) is 0 Å². The summed E-state index contributed by atoms with van der Waals surface area (Å²) >= 11 is 0. The maximum absolute atomic E-state index is 4.00. The molecule has 0 aliphatic rings. The molecule has 0 spiro atoms. The Bertz CT molecular complexity index is 224. The van der Waals surface area contributed by atoms with Crippen molar-refractivity contribution in [3.63, 3.8) is 0 Å². The molecule has 1 aromatic carbocycles. The average Bonchev–Trinajstić information content (AvgIpc) is 2.06. The van der Waals surface area contributed by atoms with Gasteiger partial charge in [0.05, 0.1) is 8.07 Å². The second-order valence-electron chi connectivity index (χ2n) is 3.50. The van der Waals surface area contributed by atoms with Crippen LogP contribution in [-0.4, -0.2) is 31.1 Å². The van der Waals surface area contributed by atoms with E-state index in [1.165, 1.54) is 5.19 Å². The van der Waals surface area contributed by atoms with Crippen LogP contribution in [0.1, 0.15) is 0 Å². The van der Waals surface area contributed by atoms with E-state index in [1.54, 1.807) is 0 Å². The van der Waals surface area contributed by atoms with Gasteiger partial charge in [-0.05, 0) is 0 Å². The van der Waals surface area contributed by atoms with Crippen molar-refractivity contribution in [2.24, 2.45) is 0 Å². The van der Waals surface area contributed by atoms with Crippen LogP contribution in [0, 0.1) is 6.92 Å². The molecule has 0 bridgehead atoms. The van der Waals surface area contributed by atoms with Gasteiger partial charge in [0.1, 0.15) is 0 Å². The minimum atomic E-state index is -1.16. The average molecular weight is 315 g/mol. The van der Waals surface area contributed by atoms with Gasteiger partial charge in [-0.25, -0.2) is 0 Å². The van der Waals surface area contributed by atoms with Crippen LogP contribution in [0.3, 0.4) is 0 Å². The van der Waals surface area contributed by atoms with E-state index >= 15 is 0 Å². The zero-order valence-corrected chi connectivity index (χ0v) is 13.0. The summed E-state index contributed by atoms with van der Waals surface area (Å²) in [5.74, 6) is 0. The van der Waals surface area contributed by atoms with Crippen molar-refractivity contribution < 1.29 is 24.0 Å². The smallest absolute Gasteiger partial charge is 1.00 e. The van der Waals surface area contributed by atoms with E-state index in [4.69, 9.17) is 0 Å². The Morgan fingerprint density at radius 2 is 1.62 bits per heavy atom. The van der Waals surface area contributed by atoms with Gasteiger partial charge in [0.15, 0.2) is 0 Å². The normalized spacial score (nSPS) is 9.77. The molecule has 0 amide bonds. The van der Waals surface area contributed by atoms with Gasteiger partial charge in [0, 0.05) is 0 Å². The number of rotatable bonds is 2. The SMILES string of the molecule is [CH2-]C[Si](C)(C)c1ccccc1.[I-].[Mg+2]. The van der Waals surface area contributed by atoms with Gasteiger partial charge < -0.3 is 30.9 Å². The standard InChI is InChI=1S/C10H15Si.HI.Mg/c1-4-11(2,3)10-8-6-5-7-9-10;;/h5-9H,1,4H2,2-3H3;1H;/q-1;;+2/p-1. The summed E-state index contributed by atoms with van der Waals surface area (Å²) in [6.07, 6.45) is 0. The Morgan fingerprint density at radius 3 is 2.00 bits per heavy atom. The van der Waals surface area contributed by atoms with Crippen LogP contribution in [0.15, 0.2) is 30.3 Å². The third-order valence-corrected chi connectivity index (χ3v) is 5.33. The fraction of sp³-hybridized carbons (Fsp3) is 0.300. The Hall–Kier alpha value is 0.933. The zero-order chi connectivity index (χ0) is 8.32. The summed E-state index contributed by atoms with van der Waals surface area (Å²) in [5.41, 5.74) is 0. The number of hydrogen-bond donors (Lipinski definition) is 0. The summed E-state index contributed by atoms with van der Waals surface area (Å²) in [6.45, 7) is 8.71. The molecule has 0 radical (unpaired) electrons. The Kier molecular flexibility index (Phi) is 9.13. The molecule has 0 fully saturated rings. The Morgan fingerprint density at radius 1 is 1.15 bits per heavy atom. The van der Waals surface area contributed by atoms with Crippen LogP contribution < -0.4 is 29.2 Å². The van der Waals surface area contributed by atoms with Crippen molar-refractivity contribution in [1.82, 2.24) is 0 Å². The molecule has 0 aliphatic heterocycles. The van der Waals surface area contributed by atoms with Gasteiger partial charge in [-0.1, -0.05) is 48.6 Å². The molecule has 0 N–H and O–H groups in total. The Balaban J connectivity index is 0. The van der Waals surface area contributed by atoms with Crippen molar-refractivity contribution in [2.75, 3.05) is 0 Å². The molecule has 0 saturated heterocycles. The van der Waals surface area contributed by atoms with Crippen LogP contribution in [-0.2, 0) is 0 Å². The summed E-state index contributed by atoms with van der Waals surface area (Å²) in [5, 5.41) is 1.51. The number of benzene rings is 1. The maximum Gasteiger partial charge on any atom is 2.00 e. The zero-order valence-electron chi connectivity index (χ0n) is 8.39. The van der Waals surface area contributed by atoms with Gasteiger partial charge in [-0.15, -0.1) is 0 Å². The second-order valence-corrected chi connectivity index (χ2v) is 8.35. The first kappa shape index (κ1) is 16.4. The third-order valence-electron chi connectivity index (χ3n) is 2.18. The number of halogens is 1. The van der Waals surface area contributed by atoms with Crippen molar-refractivity contribution >= 4 is 36.3 Å². The van der Waals surface area contributed by atoms with E-state index in [0.29, 0.717) is 0 Å². The van der Waals surface area contributed by atoms with Crippen molar-refractivity contribution in [2.45, 2.75) is 19.1 Å². The first-order chi connectivity index (χ1) is 5.17. The van der Waals surface area contributed by atoms with Crippen molar-refractivity contribution in [3.05, 3.63) is 37.3 Å². The predicted molar refractivity (Wildman–Crippen MR) is 59.5 cm³/mol. The topological polar surface area (TPSA) is 0 Å². The first-order valence-electron chi connectivity index (χ1n) is 4.01. The van der Waals surface area contributed by atoms with E-state index in [9.17, 15) is 0 Å². The van der Waals surface area contributed by atoms with E-state index < -0.39 is 8.07 Å². The van der Waals surface area contributed by atoms with E-state index in [-0.39, 0.29) is 47.0 Å². The molecular weight excluding hydrogens is 299 g/mol. The van der Waals surface area contributed by atoms with Crippen LogP contribution in [0.25, 0.3) is 0 Å². The van der Waals surface area contributed by atoms with E-state index in [0.717, 1.165) is 6.04 Å².